The molecule has 54 heavy (non-hydrogen) atoms. The molecule has 7 aromatic carbocycles. The molecule has 3 heterocycles. The number of fused-ring (bicyclic) bond motifs is 7. The maximum absolute atomic E-state index is 5.41. The lowest BCUT2D eigenvalue weighted by atomic mass is 9.67. The van der Waals surface area contributed by atoms with Crippen LogP contribution in [0.25, 0.3) is 72.1 Å². The molecule has 10 aromatic rings. The zero-order valence-electron chi connectivity index (χ0n) is 29.4. The van der Waals surface area contributed by atoms with E-state index in [-0.39, 0.29) is 0 Å². The van der Waals surface area contributed by atoms with Crippen LogP contribution in [0.4, 0.5) is 0 Å². The number of nitrogens with zero attached hydrogens (tertiary/aromatic N) is 3. The molecule has 3 heteroatoms. The van der Waals surface area contributed by atoms with Crippen LogP contribution in [0.2, 0.25) is 0 Å². The third kappa shape index (κ3) is 4.55. The number of hydrogen-bond acceptors (Lipinski definition) is 2. The molecule has 0 saturated heterocycles. The summed E-state index contributed by atoms with van der Waals surface area (Å²) in [6.07, 6.45) is 4.12. The lowest BCUT2D eigenvalue weighted by Crippen LogP contribution is -2.28. The van der Waals surface area contributed by atoms with Crippen molar-refractivity contribution < 1.29 is 0 Å². The standard InChI is InChI=1S/C51H33N3/c1-3-16-38(17-4-1)51(39-18-5-2-6-19-39)45-22-9-7-20-40(45)43-31-44-42(32-46(43)51)41-21-8-10-23-47(41)53-50(44)37-15-13-14-36(30-37)34-25-27-35(28-26-34)48-33-54-29-12-11-24-49(54)52-48/h1-33H. The summed E-state index contributed by atoms with van der Waals surface area (Å²) in [6, 6.07) is 68.1. The molecule has 0 atom stereocenters. The van der Waals surface area contributed by atoms with Crippen molar-refractivity contribution in [1.82, 2.24) is 14.4 Å². The molecule has 0 saturated carbocycles. The smallest absolute Gasteiger partial charge is 0.137 e. The van der Waals surface area contributed by atoms with Gasteiger partial charge in [0.25, 0.3) is 0 Å². The zero-order chi connectivity index (χ0) is 35.6. The number of imidazole rings is 1. The van der Waals surface area contributed by atoms with E-state index in [1.165, 1.54) is 38.8 Å². The molecule has 0 bridgehead atoms. The minimum Gasteiger partial charge on any atom is -0.306 e. The topological polar surface area (TPSA) is 30.2 Å². The minimum absolute atomic E-state index is 0.470. The van der Waals surface area contributed by atoms with Crippen LogP contribution in [-0.2, 0) is 5.41 Å². The van der Waals surface area contributed by atoms with Crippen molar-refractivity contribution in [3.8, 4) is 44.8 Å². The Morgan fingerprint density at radius 3 is 1.89 bits per heavy atom. The maximum Gasteiger partial charge on any atom is 0.137 e. The van der Waals surface area contributed by atoms with E-state index in [1.54, 1.807) is 0 Å². The Hall–Kier alpha value is -7.10. The summed E-state index contributed by atoms with van der Waals surface area (Å²) < 4.78 is 2.06. The summed E-state index contributed by atoms with van der Waals surface area (Å²) in [5.41, 5.74) is 15.6. The Kier molecular flexibility index (Phi) is 6.77. The van der Waals surface area contributed by atoms with Gasteiger partial charge in [0.2, 0.25) is 0 Å². The van der Waals surface area contributed by atoms with Gasteiger partial charge in [0.15, 0.2) is 0 Å². The summed E-state index contributed by atoms with van der Waals surface area (Å²) in [5, 5.41) is 3.52. The number of aromatic nitrogens is 3. The van der Waals surface area contributed by atoms with E-state index in [0.717, 1.165) is 55.6 Å². The molecular formula is C51H33N3. The summed E-state index contributed by atoms with van der Waals surface area (Å²) >= 11 is 0. The first-order valence-corrected chi connectivity index (χ1v) is 18.5. The van der Waals surface area contributed by atoms with Gasteiger partial charge < -0.3 is 4.40 Å². The average Bonchev–Trinajstić information content (AvgIpc) is 3.81. The summed E-state index contributed by atoms with van der Waals surface area (Å²) in [6.45, 7) is 0. The Morgan fingerprint density at radius 2 is 1.09 bits per heavy atom. The third-order valence-electron chi connectivity index (χ3n) is 11.3. The molecule has 3 nitrogen and oxygen atoms in total. The van der Waals surface area contributed by atoms with Gasteiger partial charge in [-0.1, -0.05) is 152 Å². The molecule has 0 radical (unpaired) electrons. The fourth-order valence-electron chi connectivity index (χ4n) is 8.86. The maximum atomic E-state index is 5.41. The number of rotatable bonds is 5. The Bertz CT molecular complexity index is 2960. The molecule has 0 aliphatic heterocycles. The van der Waals surface area contributed by atoms with Gasteiger partial charge in [-0.05, 0) is 86.3 Å². The molecule has 1 aliphatic rings. The molecular weight excluding hydrogens is 655 g/mol. The molecule has 3 aromatic heterocycles. The second-order valence-corrected chi connectivity index (χ2v) is 14.2. The van der Waals surface area contributed by atoms with Crippen LogP contribution in [0.5, 0.6) is 0 Å². The van der Waals surface area contributed by atoms with Crippen molar-refractivity contribution in [3.05, 3.63) is 223 Å². The quantitative estimate of drug-likeness (QED) is 0.169. The highest BCUT2D eigenvalue weighted by Crippen LogP contribution is 2.57. The van der Waals surface area contributed by atoms with Gasteiger partial charge in [0.05, 0.1) is 22.3 Å². The first-order valence-electron chi connectivity index (χ1n) is 18.5. The Balaban J connectivity index is 1.11. The van der Waals surface area contributed by atoms with E-state index in [9.17, 15) is 0 Å². The van der Waals surface area contributed by atoms with Gasteiger partial charge in [-0.2, -0.15) is 0 Å². The second-order valence-electron chi connectivity index (χ2n) is 14.2. The fourth-order valence-corrected chi connectivity index (χ4v) is 8.86. The van der Waals surface area contributed by atoms with Crippen LogP contribution in [0.3, 0.4) is 0 Å². The van der Waals surface area contributed by atoms with Crippen LogP contribution in [0, 0.1) is 0 Å². The lowest BCUT2D eigenvalue weighted by Gasteiger charge is -2.34. The van der Waals surface area contributed by atoms with Crippen LogP contribution < -0.4 is 0 Å². The lowest BCUT2D eigenvalue weighted by molar-refractivity contribution is 0.769. The predicted octanol–water partition coefficient (Wildman–Crippen LogP) is 12.4. The Labute approximate surface area is 313 Å². The summed E-state index contributed by atoms with van der Waals surface area (Å²) in [4.78, 5) is 10.2. The van der Waals surface area contributed by atoms with Crippen molar-refractivity contribution >= 4 is 27.3 Å². The highest BCUT2D eigenvalue weighted by molar-refractivity contribution is 6.13. The number of pyridine rings is 2. The highest BCUT2D eigenvalue weighted by atomic mass is 15.0. The minimum atomic E-state index is -0.470. The molecule has 0 N–H and O–H groups in total. The third-order valence-corrected chi connectivity index (χ3v) is 11.3. The zero-order valence-corrected chi connectivity index (χ0v) is 29.4. The van der Waals surface area contributed by atoms with Gasteiger partial charge in [-0.25, -0.2) is 9.97 Å². The van der Waals surface area contributed by atoms with Crippen molar-refractivity contribution in [2.75, 3.05) is 0 Å². The van der Waals surface area contributed by atoms with Gasteiger partial charge >= 0.3 is 0 Å². The van der Waals surface area contributed by atoms with E-state index >= 15 is 0 Å². The Morgan fingerprint density at radius 1 is 0.407 bits per heavy atom. The summed E-state index contributed by atoms with van der Waals surface area (Å²) in [7, 11) is 0. The number of hydrogen-bond donors (Lipinski definition) is 0. The highest BCUT2D eigenvalue weighted by Gasteiger charge is 2.46. The molecule has 252 valence electrons. The number of benzene rings is 7. The predicted molar refractivity (Wildman–Crippen MR) is 222 cm³/mol. The molecule has 0 fully saturated rings. The molecule has 0 spiro atoms. The van der Waals surface area contributed by atoms with Crippen LogP contribution in [0.15, 0.2) is 200 Å². The monoisotopic (exact) mass is 687 g/mol. The van der Waals surface area contributed by atoms with Crippen molar-refractivity contribution in [3.63, 3.8) is 0 Å². The van der Waals surface area contributed by atoms with E-state index in [1.807, 2.05) is 24.4 Å². The van der Waals surface area contributed by atoms with E-state index in [0.29, 0.717) is 0 Å². The largest absolute Gasteiger partial charge is 0.306 e. The van der Waals surface area contributed by atoms with Crippen molar-refractivity contribution in [1.29, 1.82) is 0 Å². The average molecular weight is 688 g/mol. The van der Waals surface area contributed by atoms with E-state index < -0.39 is 5.41 Å². The van der Waals surface area contributed by atoms with Gasteiger partial charge in [-0.15, -0.1) is 0 Å². The van der Waals surface area contributed by atoms with E-state index in [4.69, 9.17) is 9.97 Å². The van der Waals surface area contributed by atoms with Crippen LogP contribution in [-0.4, -0.2) is 14.4 Å². The number of para-hydroxylation sites is 1. The van der Waals surface area contributed by atoms with Crippen molar-refractivity contribution in [2.24, 2.45) is 0 Å². The second kappa shape index (κ2) is 12.0. The molecule has 11 rings (SSSR count). The van der Waals surface area contributed by atoms with Crippen LogP contribution in [0.1, 0.15) is 22.3 Å². The SMILES string of the molecule is c1ccc(C2(c3ccccc3)c3ccccc3-c3cc4c(-c5cccc(-c6ccc(-c7cn8ccccc8n7)cc6)c5)nc5ccccc5c4cc32)cc1. The molecule has 0 amide bonds. The van der Waals surface area contributed by atoms with Gasteiger partial charge in [-0.3, -0.25) is 0 Å². The molecule has 1 aliphatic carbocycles. The van der Waals surface area contributed by atoms with Crippen molar-refractivity contribution in [2.45, 2.75) is 5.41 Å². The van der Waals surface area contributed by atoms with Gasteiger partial charge in [0, 0.05) is 34.3 Å². The van der Waals surface area contributed by atoms with Gasteiger partial charge in [0.1, 0.15) is 5.65 Å². The van der Waals surface area contributed by atoms with E-state index in [2.05, 4.69) is 180 Å². The molecule has 0 unspecified atom stereocenters. The first kappa shape index (κ1) is 30.5. The van der Waals surface area contributed by atoms with Crippen LogP contribution >= 0.6 is 0 Å². The fraction of sp³-hybridized carbons (Fsp3) is 0.0196. The first-order chi connectivity index (χ1) is 26.8. The normalized spacial score (nSPS) is 13.0. The summed E-state index contributed by atoms with van der Waals surface area (Å²) in [5.74, 6) is 0.